The van der Waals surface area contributed by atoms with Crippen LogP contribution in [-0.2, 0) is 10.3 Å². The molecular weight excluding hydrogens is 462 g/mol. The van der Waals surface area contributed by atoms with E-state index in [4.69, 9.17) is 4.74 Å². The maximum absolute atomic E-state index is 13.3. The molecule has 2 N–H and O–H groups in total. The summed E-state index contributed by atoms with van der Waals surface area (Å²) in [5.41, 5.74) is 4.68. The highest BCUT2D eigenvalue weighted by Gasteiger charge is 2.37. The van der Waals surface area contributed by atoms with Crippen molar-refractivity contribution in [3.63, 3.8) is 0 Å². The van der Waals surface area contributed by atoms with Gasteiger partial charge in [0.15, 0.2) is 0 Å². The van der Waals surface area contributed by atoms with Gasteiger partial charge in [-0.15, -0.1) is 11.3 Å². The van der Waals surface area contributed by atoms with Gasteiger partial charge in [-0.25, -0.2) is 14.5 Å². The third-order valence-electron chi connectivity index (χ3n) is 5.94. The average molecular weight is 486 g/mol. The molecule has 2 aromatic carbocycles. The highest BCUT2D eigenvalue weighted by atomic mass is 32.1. The number of rotatable bonds is 6. The molecule has 0 saturated carbocycles. The van der Waals surface area contributed by atoms with Crippen molar-refractivity contribution in [3.05, 3.63) is 117 Å². The molecule has 0 saturated heterocycles. The smallest absolute Gasteiger partial charge is 0.348 e. The zero-order valence-corrected chi connectivity index (χ0v) is 20.0. The van der Waals surface area contributed by atoms with E-state index in [0.29, 0.717) is 37.5 Å². The van der Waals surface area contributed by atoms with Crippen LogP contribution in [0.5, 0.6) is 0 Å². The van der Waals surface area contributed by atoms with E-state index < -0.39 is 11.6 Å². The Kier molecular flexibility index (Phi) is 5.84. The van der Waals surface area contributed by atoms with Crippen LogP contribution in [0.1, 0.15) is 33.3 Å². The number of esters is 1. The fourth-order valence-corrected chi connectivity index (χ4v) is 5.29. The standard InChI is InChI=1S/C27H23N3O4S/c1-3-34-26(32)23-17(2)22-24(35-23)28-16-30(25(22)31)29-20-14-21(18-10-6-4-7-11-18)27(33,15-20)19-12-8-5-9-13-19/h4-16,29,33H,3H2,1-2H3/t27-/m0/s1. The lowest BCUT2D eigenvalue weighted by Crippen LogP contribution is -2.28. The molecular formula is C27H23N3O4S. The molecule has 0 unspecified atom stereocenters. The SMILES string of the molecule is CCOC(=O)c1sc2ncn(NC3=C[C@](O)(c4ccccc4)C(c4ccccc4)=C3)c(=O)c2c1C. The number of carbonyl (C=O) groups is 1. The molecule has 1 aliphatic carbocycles. The van der Waals surface area contributed by atoms with Crippen LogP contribution in [0, 0.1) is 6.92 Å². The van der Waals surface area contributed by atoms with Gasteiger partial charge in [0.25, 0.3) is 5.56 Å². The Morgan fingerprint density at radius 2 is 1.83 bits per heavy atom. The second-order valence-electron chi connectivity index (χ2n) is 8.14. The number of aromatic nitrogens is 2. The number of nitrogens with zero attached hydrogens (tertiary/aromatic N) is 2. The number of hydrogen-bond donors (Lipinski definition) is 2. The third kappa shape index (κ3) is 3.96. The van der Waals surface area contributed by atoms with Crippen LogP contribution in [0.15, 0.2) is 89.6 Å². The second kappa shape index (κ2) is 8.98. The first-order valence-electron chi connectivity index (χ1n) is 11.2. The van der Waals surface area contributed by atoms with Crippen molar-refractivity contribution in [1.29, 1.82) is 0 Å². The molecule has 0 bridgehead atoms. The fourth-order valence-electron chi connectivity index (χ4n) is 4.26. The highest BCUT2D eigenvalue weighted by Crippen LogP contribution is 2.43. The molecule has 2 heterocycles. The second-order valence-corrected chi connectivity index (χ2v) is 9.14. The number of ether oxygens (including phenoxy) is 1. The summed E-state index contributed by atoms with van der Waals surface area (Å²) >= 11 is 1.14. The lowest BCUT2D eigenvalue weighted by Gasteiger charge is -2.25. The molecule has 7 nitrogen and oxygen atoms in total. The molecule has 4 aromatic rings. The molecule has 35 heavy (non-hydrogen) atoms. The minimum absolute atomic E-state index is 0.250. The molecule has 8 heteroatoms. The van der Waals surface area contributed by atoms with Gasteiger partial charge in [-0.2, -0.15) is 0 Å². The molecule has 0 spiro atoms. The van der Waals surface area contributed by atoms with Crippen LogP contribution in [0.3, 0.4) is 0 Å². The number of aliphatic hydroxyl groups is 1. The van der Waals surface area contributed by atoms with Crippen molar-refractivity contribution < 1.29 is 14.6 Å². The van der Waals surface area contributed by atoms with E-state index in [1.54, 1.807) is 19.9 Å². The van der Waals surface area contributed by atoms with Crippen molar-refractivity contribution in [3.8, 4) is 0 Å². The molecule has 0 fully saturated rings. The van der Waals surface area contributed by atoms with Crippen LogP contribution < -0.4 is 11.0 Å². The van der Waals surface area contributed by atoms with Crippen LogP contribution in [0.4, 0.5) is 0 Å². The van der Waals surface area contributed by atoms with Gasteiger partial charge in [-0.3, -0.25) is 10.2 Å². The Balaban J connectivity index is 1.57. The molecule has 2 aromatic heterocycles. The van der Waals surface area contributed by atoms with E-state index in [9.17, 15) is 14.7 Å². The van der Waals surface area contributed by atoms with Crippen LogP contribution in [0.25, 0.3) is 15.8 Å². The fraction of sp³-hybridized carbons (Fsp3) is 0.148. The Bertz CT molecular complexity index is 1540. The predicted octanol–water partition coefficient (Wildman–Crippen LogP) is 4.36. The van der Waals surface area contributed by atoms with Gasteiger partial charge in [-0.05, 0) is 42.7 Å². The van der Waals surface area contributed by atoms with E-state index in [1.165, 1.54) is 11.0 Å². The Labute approximate surface area is 205 Å². The van der Waals surface area contributed by atoms with Gasteiger partial charge in [0.05, 0.1) is 17.7 Å². The lowest BCUT2D eigenvalue weighted by atomic mass is 9.85. The number of aryl methyl sites for hydroxylation is 1. The van der Waals surface area contributed by atoms with Crippen molar-refractivity contribution in [1.82, 2.24) is 9.66 Å². The Morgan fingerprint density at radius 3 is 2.51 bits per heavy atom. The predicted molar refractivity (Wildman–Crippen MR) is 137 cm³/mol. The maximum Gasteiger partial charge on any atom is 0.348 e. The zero-order valence-electron chi connectivity index (χ0n) is 19.2. The quantitative estimate of drug-likeness (QED) is 0.394. The minimum atomic E-state index is -1.39. The Hall–Kier alpha value is -4.01. The van der Waals surface area contributed by atoms with Crippen molar-refractivity contribution in [2.45, 2.75) is 19.4 Å². The normalized spacial score (nSPS) is 17.2. The number of carbonyl (C=O) groups excluding carboxylic acids is 1. The number of benzene rings is 2. The first-order valence-corrected chi connectivity index (χ1v) is 12.0. The molecule has 5 rings (SSSR count). The molecule has 176 valence electrons. The van der Waals surface area contributed by atoms with Crippen LogP contribution >= 0.6 is 11.3 Å². The molecule has 0 aliphatic heterocycles. The van der Waals surface area contributed by atoms with Crippen molar-refractivity contribution >= 4 is 33.1 Å². The third-order valence-corrected chi connectivity index (χ3v) is 7.12. The summed E-state index contributed by atoms with van der Waals surface area (Å²) in [5, 5.41) is 12.1. The van der Waals surface area contributed by atoms with E-state index in [2.05, 4.69) is 10.4 Å². The number of thiophene rings is 1. The van der Waals surface area contributed by atoms with E-state index in [-0.39, 0.29) is 12.2 Å². The van der Waals surface area contributed by atoms with E-state index in [0.717, 1.165) is 16.9 Å². The summed E-state index contributed by atoms with van der Waals surface area (Å²) < 4.78 is 6.37. The number of fused-ring (bicyclic) bond motifs is 1. The van der Waals surface area contributed by atoms with Crippen molar-refractivity contribution in [2.75, 3.05) is 12.0 Å². The zero-order chi connectivity index (χ0) is 24.6. The van der Waals surface area contributed by atoms with E-state index >= 15 is 0 Å². The molecule has 0 amide bonds. The first kappa shape index (κ1) is 22.8. The molecule has 1 aliphatic rings. The summed E-state index contributed by atoms with van der Waals surface area (Å²) in [4.78, 5) is 30.8. The minimum Gasteiger partial charge on any atom is -0.462 e. The van der Waals surface area contributed by atoms with Gasteiger partial charge in [0.2, 0.25) is 0 Å². The summed E-state index contributed by atoms with van der Waals surface area (Å²) in [6, 6.07) is 19.0. The van der Waals surface area contributed by atoms with Crippen LogP contribution in [0.2, 0.25) is 0 Å². The number of hydrogen-bond acceptors (Lipinski definition) is 7. The van der Waals surface area contributed by atoms with Gasteiger partial charge in [-0.1, -0.05) is 60.7 Å². The van der Waals surface area contributed by atoms with Gasteiger partial charge in [0, 0.05) is 5.57 Å². The molecule has 0 radical (unpaired) electrons. The summed E-state index contributed by atoms with van der Waals surface area (Å²) in [6.07, 6.45) is 4.89. The monoisotopic (exact) mass is 485 g/mol. The summed E-state index contributed by atoms with van der Waals surface area (Å²) in [5.74, 6) is -0.464. The Morgan fingerprint density at radius 1 is 1.14 bits per heavy atom. The lowest BCUT2D eigenvalue weighted by molar-refractivity contribution is 0.0531. The van der Waals surface area contributed by atoms with Gasteiger partial charge < -0.3 is 9.84 Å². The number of allylic oxidation sites excluding steroid dienone is 1. The van der Waals surface area contributed by atoms with Crippen LogP contribution in [-0.4, -0.2) is 27.3 Å². The topological polar surface area (TPSA) is 93.4 Å². The van der Waals surface area contributed by atoms with E-state index in [1.807, 2.05) is 66.7 Å². The largest absolute Gasteiger partial charge is 0.462 e. The highest BCUT2D eigenvalue weighted by molar-refractivity contribution is 7.20. The number of nitrogens with one attached hydrogen (secondary N) is 1. The maximum atomic E-state index is 13.3. The summed E-state index contributed by atoms with van der Waals surface area (Å²) in [6.45, 7) is 3.70. The van der Waals surface area contributed by atoms with Gasteiger partial charge in [0.1, 0.15) is 21.6 Å². The van der Waals surface area contributed by atoms with Gasteiger partial charge >= 0.3 is 5.97 Å². The summed E-state index contributed by atoms with van der Waals surface area (Å²) in [7, 11) is 0. The molecule has 1 atom stereocenters. The van der Waals surface area contributed by atoms with Crippen molar-refractivity contribution in [2.24, 2.45) is 0 Å². The average Bonchev–Trinajstić information content (AvgIpc) is 3.40. The first-order chi connectivity index (χ1) is 16.9.